The number of nitrogens with one attached hydrogen (secondary N) is 1. The maximum atomic E-state index is 4.70. The Bertz CT molecular complexity index is 1650. The Labute approximate surface area is 259 Å². The van der Waals surface area contributed by atoms with Crippen molar-refractivity contribution in [1.82, 2.24) is 0 Å². The van der Waals surface area contributed by atoms with Crippen molar-refractivity contribution >= 4 is 30.3 Å². The lowest BCUT2D eigenvalue weighted by molar-refractivity contribution is -0.717. The first-order valence-electron chi connectivity index (χ1n) is 15.4. The van der Waals surface area contributed by atoms with E-state index < -0.39 is 8.07 Å². The molecule has 0 radical (unpaired) electrons. The van der Waals surface area contributed by atoms with Crippen LogP contribution in [0.3, 0.4) is 0 Å². The number of aromatic nitrogens is 1. The van der Waals surface area contributed by atoms with Crippen molar-refractivity contribution in [1.29, 1.82) is 0 Å². The van der Waals surface area contributed by atoms with Crippen molar-refractivity contribution in [2.75, 3.05) is 17.3 Å². The van der Waals surface area contributed by atoms with Gasteiger partial charge >= 0.3 is 0 Å². The first kappa shape index (κ1) is 30.3. The third-order valence-corrected chi connectivity index (χ3v) is 11.0. The number of benzene rings is 3. The predicted octanol–water partition coefficient (Wildman–Crippen LogP) is 9.44. The van der Waals surface area contributed by atoms with E-state index in [-0.39, 0.29) is 6.04 Å². The zero-order chi connectivity index (χ0) is 30.7. The van der Waals surface area contributed by atoms with E-state index in [1.165, 1.54) is 27.6 Å². The fourth-order valence-corrected chi connectivity index (χ4v) is 8.31. The van der Waals surface area contributed by atoms with Gasteiger partial charge in [0.2, 0.25) is 5.69 Å². The molecule has 0 bridgehead atoms. The van der Waals surface area contributed by atoms with Gasteiger partial charge in [0.25, 0.3) is 0 Å². The molecule has 0 saturated heterocycles. The van der Waals surface area contributed by atoms with Crippen molar-refractivity contribution in [3.63, 3.8) is 0 Å². The molecule has 5 rings (SSSR count). The summed E-state index contributed by atoms with van der Waals surface area (Å²) in [6.45, 7) is 22.6. The van der Waals surface area contributed by atoms with E-state index in [2.05, 4.69) is 147 Å². The first-order chi connectivity index (χ1) is 20.6. The zero-order valence-corrected chi connectivity index (χ0v) is 27.5. The number of fused-ring (bicyclic) bond motifs is 3. The summed E-state index contributed by atoms with van der Waals surface area (Å²) in [5.74, 6) is 0.324. The molecular weight excluding hydrogens is 539 g/mol. The quantitative estimate of drug-likeness (QED) is 0.108. The molecule has 0 amide bonds. The fraction of sp³-hybridized carbons (Fsp3) is 0.256. The van der Waals surface area contributed by atoms with Crippen molar-refractivity contribution in [2.24, 2.45) is 0 Å². The summed E-state index contributed by atoms with van der Waals surface area (Å²) in [6, 6.07) is 30.5. The Morgan fingerprint density at radius 1 is 0.953 bits per heavy atom. The number of pyridine rings is 1. The molecule has 1 aromatic heterocycles. The molecule has 1 aliphatic heterocycles. The van der Waals surface area contributed by atoms with Gasteiger partial charge in [0.15, 0.2) is 12.2 Å². The molecule has 2 atom stereocenters. The average molecular weight is 585 g/mol. The number of allylic oxidation sites excluding steroid dienone is 3. The molecule has 1 aliphatic rings. The third-order valence-electron chi connectivity index (χ3n) is 8.89. The molecule has 1 N–H and O–H groups in total. The average Bonchev–Trinajstić information content (AvgIpc) is 3.00. The van der Waals surface area contributed by atoms with Gasteiger partial charge in [-0.05, 0) is 61.2 Å². The van der Waals surface area contributed by atoms with Crippen LogP contribution in [0.15, 0.2) is 128 Å². The van der Waals surface area contributed by atoms with E-state index in [0.29, 0.717) is 5.92 Å². The third kappa shape index (κ3) is 6.45. The highest BCUT2D eigenvalue weighted by Gasteiger charge is 2.41. The first-order valence-corrected chi connectivity index (χ1v) is 18.9. The van der Waals surface area contributed by atoms with Crippen LogP contribution in [-0.2, 0) is 0 Å². The van der Waals surface area contributed by atoms with Gasteiger partial charge in [0.1, 0.15) is 0 Å². The molecule has 2 unspecified atom stereocenters. The minimum atomic E-state index is -1.57. The molecule has 0 spiro atoms. The number of anilines is 3. The highest BCUT2D eigenvalue weighted by Crippen LogP contribution is 2.44. The number of para-hydroxylation sites is 3. The van der Waals surface area contributed by atoms with Crippen LogP contribution in [0.25, 0.3) is 11.3 Å². The van der Waals surface area contributed by atoms with Gasteiger partial charge in [-0.2, -0.15) is 4.57 Å². The van der Waals surface area contributed by atoms with Crippen LogP contribution in [0.1, 0.15) is 42.3 Å². The molecule has 0 aliphatic carbocycles. The van der Waals surface area contributed by atoms with Crippen molar-refractivity contribution in [3.05, 3.63) is 139 Å². The highest BCUT2D eigenvalue weighted by molar-refractivity contribution is 6.88. The van der Waals surface area contributed by atoms with Crippen molar-refractivity contribution in [2.45, 2.75) is 57.8 Å². The minimum Gasteiger partial charge on any atom is -0.354 e. The largest absolute Gasteiger partial charge is 0.354 e. The second-order valence-corrected chi connectivity index (χ2v) is 18.0. The van der Waals surface area contributed by atoms with Gasteiger partial charge in [-0.15, -0.1) is 0 Å². The highest BCUT2D eigenvalue weighted by atomic mass is 28.3. The lowest BCUT2D eigenvalue weighted by Gasteiger charge is -2.34. The SMILES string of the molecule is C=CC(=C)CCC1c2ccccc2-c2cc(C)c([Si](C)(C)C)c[n+]2C1CC(=C)N(C)c1ccccc1Nc1ccccc1. The molecular formula is C39H46N3Si+. The molecule has 43 heavy (non-hydrogen) atoms. The fourth-order valence-electron chi connectivity index (χ4n) is 6.53. The van der Waals surface area contributed by atoms with Gasteiger partial charge in [-0.3, -0.25) is 0 Å². The van der Waals surface area contributed by atoms with E-state index in [1.807, 2.05) is 12.1 Å². The summed E-state index contributed by atoms with van der Waals surface area (Å²) < 4.78 is 2.59. The van der Waals surface area contributed by atoms with Gasteiger partial charge < -0.3 is 10.2 Å². The number of nitrogens with zero attached hydrogens (tertiary/aromatic N) is 2. The van der Waals surface area contributed by atoms with Crippen molar-refractivity contribution < 1.29 is 4.57 Å². The van der Waals surface area contributed by atoms with Crippen molar-refractivity contribution in [3.8, 4) is 11.3 Å². The summed E-state index contributed by atoms with van der Waals surface area (Å²) in [6.07, 6.45) is 7.17. The van der Waals surface area contributed by atoms with Crippen LogP contribution >= 0.6 is 0 Å². The Kier molecular flexibility index (Phi) is 8.89. The van der Waals surface area contributed by atoms with Crippen LogP contribution in [-0.4, -0.2) is 15.1 Å². The summed E-state index contributed by atoms with van der Waals surface area (Å²) in [4.78, 5) is 2.26. The standard InChI is InChI=1S/C39H46N3Si/c1-9-28(2)23-24-34-32-19-13-14-20-33(32)37-25-29(3)39(43(6,7)8)27-42(37)38(34)26-30(4)41(5)36-22-16-15-21-35(36)40-31-17-11-10-12-18-31/h9-22,25,27,34,38,40H,1-2,4,23-24,26H2,3,5-8H3/q+1. The molecule has 4 heteroatoms. The Morgan fingerprint density at radius 2 is 1.63 bits per heavy atom. The molecule has 0 fully saturated rings. The molecule has 220 valence electrons. The number of aryl methyl sites for hydroxylation is 1. The van der Waals surface area contributed by atoms with Gasteiger partial charge in [-0.25, -0.2) is 0 Å². The monoisotopic (exact) mass is 584 g/mol. The molecule has 2 heterocycles. The Balaban J connectivity index is 1.56. The Hall–Kier alpha value is -4.15. The molecule has 3 aromatic carbocycles. The normalized spacial score (nSPS) is 15.7. The second kappa shape index (κ2) is 12.6. The maximum Gasteiger partial charge on any atom is 0.213 e. The van der Waals surface area contributed by atoms with E-state index in [0.717, 1.165) is 47.6 Å². The van der Waals surface area contributed by atoms with Crippen LogP contribution in [0.2, 0.25) is 19.6 Å². The summed E-state index contributed by atoms with van der Waals surface area (Å²) in [7, 11) is 0.575. The van der Waals surface area contributed by atoms with Gasteiger partial charge in [0, 0.05) is 41.2 Å². The number of hydrogen-bond donors (Lipinski definition) is 1. The van der Waals surface area contributed by atoms with Gasteiger partial charge in [-0.1, -0.05) is 99.6 Å². The van der Waals surface area contributed by atoms with Crippen LogP contribution in [0, 0.1) is 6.92 Å². The maximum absolute atomic E-state index is 4.70. The molecule has 3 nitrogen and oxygen atoms in total. The topological polar surface area (TPSA) is 19.1 Å². The van der Waals surface area contributed by atoms with E-state index in [1.54, 1.807) is 0 Å². The second-order valence-electron chi connectivity index (χ2n) is 12.9. The predicted molar refractivity (Wildman–Crippen MR) is 188 cm³/mol. The smallest absolute Gasteiger partial charge is 0.213 e. The van der Waals surface area contributed by atoms with Crippen LogP contribution in [0.5, 0.6) is 0 Å². The van der Waals surface area contributed by atoms with E-state index in [4.69, 9.17) is 6.58 Å². The number of hydrogen-bond acceptors (Lipinski definition) is 2. The molecule has 0 saturated carbocycles. The van der Waals surface area contributed by atoms with E-state index >= 15 is 0 Å². The summed E-state index contributed by atoms with van der Waals surface area (Å²) >= 11 is 0. The lowest BCUT2D eigenvalue weighted by atomic mass is 9.78. The lowest BCUT2D eigenvalue weighted by Crippen LogP contribution is -2.53. The van der Waals surface area contributed by atoms with Crippen LogP contribution < -0.4 is 20.0 Å². The van der Waals surface area contributed by atoms with Gasteiger partial charge in [0.05, 0.1) is 25.9 Å². The Morgan fingerprint density at radius 3 is 2.35 bits per heavy atom. The zero-order valence-electron chi connectivity index (χ0n) is 26.5. The molecule has 4 aromatic rings. The number of rotatable bonds is 11. The van der Waals surface area contributed by atoms with E-state index in [9.17, 15) is 0 Å². The van der Waals surface area contributed by atoms with Crippen LogP contribution in [0.4, 0.5) is 17.1 Å². The summed E-state index contributed by atoms with van der Waals surface area (Å²) in [5.41, 5.74) is 10.9. The summed E-state index contributed by atoms with van der Waals surface area (Å²) in [5, 5.41) is 5.14. The minimum absolute atomic E-state index is 0.224.